The summed E-state index contributed by atoms with van der Waals surface area (Å²) in [7, 11) is 0. The number of hydrogen-bond acceptors (Lipinski definition) is 2. The van der Waals surface area contributed by atoms with Gasteiger partial charge in [-0.25, -0.2) is 0 Å². The Hall–Kier alpha value is -2.16. The molecule has 1 saturated heterocycles. The molecule has 1 amide bonds. The fraction of sp³-hybridized carbons (Fsp3) is 0.500. The van der Waals surface area contributed by atoms with E-state index >= 15 is 0 Å². The number of hydrogen-bond donors (Lipinski definition) is 0. The molecule has 0 spiro atoms. The van der Waals surface area contributed by atoms with Crippen molar-refractivity contribution in [2.75, 3.05) is 6.54 Å². The standard InChI is InChI=1S/C24H29NO2/c26-23(21-13-5-10-18-8-1-3-12-20(18)21)15-6-16-24(27)25-17-7-11-19-9-2-4-14-22(19)25/h1,3,5,8,10,12-13,19,22H,2,4,6-7,9,11,14-17H2. The second kappa shape index (κ2) is 8.24. The van der Waals surface area contributed by atoms with Gasteiger partial charge >= 0.3 is 0 Å². The third-order valence-corrected chi connectivity index (χ3v) is 6.45. The van der Waals surface area contributed by atoms with Crippen LogP contribution < -0.4 is 0 Å². The summed E-state index contributed by atoms with van der Waals surface area (Å²) >= 11 is 0. The zero-order chi connectivity index (χ0) is 18.6. The van der Waals surface area contributed by atoms with Gasteiger partial charge in [0.15, 0.2) is 5.78 Å². The van der Waals surface area contributed by atoms with E-state index in [2.05, 4.69) is 4.90 Å². The summed E-state index contributed by atoms with van der Waals surface area (Å²) in [5, 5.41) is 2.11. The van der Waals surface area contributed by atoms with Crippen LogP contribution in [0, 0.1) is 5.92 Å². The van der Waals surface area contributed by atoms with Crippen molar-refractivity contribution < 1.29 is 9.59 Å². The molecule has 2 aromatic rings. The highest BCUT2D eigenvalue weighted by Crippen LogP contribution is 2.35. The molecule has 4 rings (SSSR count). The number of rotatable bonds is 5. The Morgan fingerprint density at radius 1 is 0.889 bits per heavy atom. The Balaban J connectivity index is 1.35. The molecule has 142 valence electrons. The fourth-order valence-corrected chi connectivity index (χ4v) is 5.08. The number of likely N-dealkylation sites (tertiary alicyclic amines) is 1. The Morgan fingerprint density at radius 2 is 1.67 bits per heavy atom. The lowest BCUT2D eigenvalue weighted by Gasteiger charge is -2.44. The molecule has 0 bridgehead atoms. The summed E-state index contributed by atoms with van der Waals surface area (Å²) in [6, 6.07) is 14.4. The molecule has 2 aromatic carbocycles. The number of fused-ring (bicyclic) bond motifs is 2. The minimum absolute atomic E-state index is 0.147. The quantitative estimate of drug-likeness (QED) is 0.669. The Morgan fingerprint density at radius 3 is 2.59 bits per heavy atom. The van der Waals surface area contributed by atoms with Crippen LogP contribution in [0.3, 0.4) is 0 Å². The minimum atomic E-state index is 0.147. The average molecular weight is 364 g/mol. The first-order valence-corrected chi connectivity index (χ1v) is 10.5. The molecule has 1 aliphatic heterocycles. The van der Waals surface area contributed by atoms with Crippen molar-refractivity contribution >= 4 is 22.5 Å². The Labute approximate surface area is 161 Å². The smallest absolute Gasteiger partial charge is 0.222 e. The van der Waals surface area contributed by atoms with Crippen molar-refractivity contribution in [2.24, 2.45) is 5.92 Å². The van der Waals surface area contributed by atoms with E-state index in [1.807, 2.05) is 42.5 Å². The highest BCUT2D eigenvalue weighted by Gasteiger charge is 2.35. The summed E-state index contributed by atoms with van der Waals surface area (Å²) in [5.74, 6) is 1.12. The molecule has 3 nitrogen and oxygen atoms in total. The predicted molar refractivity (Wildman–Crippen MR) is 109 cm³/mol. The first-order chi connectivity index (χ1) is 13.2. The highest BCUT2D eigenvalue weighted by molar-refractivity contribution is 6.08. The number of Topliss-reactive ketones (excluding diaryl/α,β-unsaturated/α-hetero) is 1. The molecule has 1 heterocycles. The fourth-order valence-electron chi connectivity index (χ4n) is 5.08. The topological polar surface area (TPSA) is 37.4 Å². The van der Waals surface area contributed by atoms with Crippen LogP contribution in [-0.4, -0.2) is 29.2 Å². The molecule has 1 saturated carbocycles. The number of carbonyl (C=O) groups is 2. The van der Waals surface area contributed by atoms with Crippen LogP contribution in [0.5, 0.6) is 0 Å². The summed E-state index contributed by atoms with van der Waals surface area (Å²) in [4.78, 5) is 27.7. The number of ketones is 1. The monoisotopic (exact) mass is 363 g/mol. The van der Waals surface area contributed by atoms with E-state index in [1.165, 1.54) is 32.1 Å². The maximum atomic E-state index is 12.8. The average Bonchev–Trinajstić information content (AvgIpc) is 2.72. The van der Waals surface area contributed by atoms with Crippen LogP contribution in [0.2, 0.25) is 0 Å². The Bertz CT molecular complexity index is 821. The molecule has 3 heteroatoms. The lowest BCUT2D eigenvalue weighted by Crippen LogP contribution is -2.49. The van der Waals surface area contributed by atoms with Gasteiger partial charge in [0.2, 0.25) is 5.91 Å². The molecule has 2 fully saturated rings. The van der Waals surface area contributed by atoms with Crippen LogP contribution in [0.25, 0.3) is 10.8 Å². The van der Waals surface area contributed by atoms with E-state index < -0.39 is 0 Å². The first-order valence-electron chi connectivity index (χ1n) is 10.5. The second-order valence-corrected chi connectivity index (χ2v) is 8.14. The van der Waals surface area contributed by atoms with Crippen LogP contribution in [0.1, 0.15) is 68.1 Å². The van der Waals surface area contributed by atoms with Gasteiger partial charge in [0.1, 0.15) is 0 Å². The van der Waals surface area contributed by atoms with Gasteiger partial charge in [-0.1, -0.05) is 55.3 Å². The summed E-state index contributed by atoms with van der Waals surface area (Å²) in [5.41, 5.74) is 0.783. The van der Waals surface area contributed by atoms with Crippen molar-refractivity contribution in [3.05, 3.63) is 48.0 Å². The van der Waals surface area contributed by atoms with E-state index in [9.17, 15) is 9.59 Å². The van der Waals surface area contributed by atoms with Gasteiger partial charge in [0.05, 0.1) is 0 Å². The predicted octanol–water partition coefficient (Wildman–Crippen LogP) is 5.37. The van der Waals surface area contributed by atoms with Gasteiger partial charge < -0.3 is 4.90 Å². The van der Waals surface area contributed by atoms with E-state index in [0.717, 1.165) is 29.3 Å². The summed E-state index contributed by atoms with van der Waals surface area (Å²) in [6.07, 6.45) is 9.05. The molecule has 0 aromatic heterocycles. The zero-order valence-electron chi connectivity index (χ0n) is 16.0. The number of carbonyl (C=O) groups excluding carboxylic acids is 2. The molecule has 27 heavy (non-hydrogen) atoms. The number of amides is 1. The Kier molecular flexibility index (Phi) is 5.56. The van der Waals surface area contributed by atoms with E-state index in [1.54, 1.807) is 0 Å². The maximum absolute atomic E-state index is 12.8. The van der Waals surface area contributed by atoms with Crippen LogP contribution in [-0.2, 0) is 4.79 Å². The third kappa shape index (κ3) is 3.92. The molecule has 0 radical (unpaired) electrons. The number of benzene rings is 2. The highest BCUT2D eigenvalue weighted by atomic mass is 16.2. The summed E-state index contributed by atoms with van der Waals surface area (Å²) < 4.78 is 0. The molecule has 2 unspecified atom stereocenters. The van der Waals surface area contributed by atoms with Crippen molar-refractivity contribution in [2.45, 2.75) is 63.8 Å². The van der Waals surface area contributed by atoms with Gasteiger partial charge in [-0.15, -0.1) is 0 Å². The van der Waals surface area contributed by atoms with Gasteiger partial charge in [0.25, 0.3) is 0 Å². The minimum Gasteiger partial charge on any atom is -0.339 e. The van der Waals surface area contributed by atoms with Crippen LogP contribution in [0.15, 0.2) is 42.5 Å². The van der Waals surface area contributed by atoms with Crippen molar-refractivity contribution in [3.8, 4) is 0 Å². The SMILES string of the molecule is O=C(CCCC(=O)N1CCCC2CCCCC21)c1cccc2ccccc12. The van der Waals surface area contributed by atoms with E-state index in [-0.39, 0.29) is 11.7 Å². The lowest BCUT2D eigenvalue weighted by atomic mass is 9.78. The van der Waals surface area contributed by atoms with Gasteiger partial charge in [0, 0.05) is 31.0 Å². The zero-order valence-corrected chi connectivity index (χ0v) is 16.0. The van der Waals surface area contributed by atoms with Gasteiger partial charge in [-0.05, 0) is 48.8 Å². The molecular weight excluding hydrogens is 334 g/mol. The molecule has 2 aliphatic rings. The van der Waals surface area contributed by atoms with E-state index in [4.69, 9.17) is 0 Å². The third-order valence-electron chi connectivity index (χ3n) is 6.45. The molecule has 0 N–H and O–H groups in total. The maximum Gasteiger partial charge on any atom is 0.222 e. The van der Waals surface area contributed by atoms with Crippen molar-refractivity contribution in [3.63, 3.8) is 0 Å². The first kappa shape index (κ1) is 18.2. The van der Waals surface area contributed by atoms with Gasteiger partial charge in [-0.2, -0.15) is 0 Å². The number of nitrogens with zero attached hydrogens (tertiary/aromatic N) is 1. The number of piperidine rings is 1. The van der Waals surface area contributed by atoms with Crippen LogP contribution in [0.4, 0.5) is 0 Å². The molecular formula is C24H29NO2. The normalized spacial score (nSPS) is 22.4. The van der Waals surface area contributed by atoms with Crippen molar-refractivity contribution in [1.82, 2.24) is 4.90 Å². The van der Waals surface area contributed by atoms with Crippen LogP contribution >= 0.6 is 0 Å². The second-order valence-electron chi connectivity index (χ2n) is 8.14. The summed E-state index contributed by atoms with van der Waals surface area (Å²) in [6.45, 7) is 0.914. The van der Waals surface area contributed by atoms with Gasteiger partial charge in [-0.3, -0.25) is 9.59 Å². The van der Waals surface area contributed by atoms with E-state index in [0.29, 0.717) is 31.2 Å². The lowest BCUT2D eigenvalue weighted by molar-refractivity contribution is -0.137. The molecule has 2 atom stereocenters. The molecule has 1 aliphatic carbocycles. The van der Waals surface area contributed by atoms with Crippen molar-refractivity contribution in [1.29, 1.82) is 0 Å². The largest absolute Gasteiger partial charge is 0.339 e.